The summed E-state index contributed by atoms with van der Waals surface area (Å²) in [6.07, 6.45) is 0. The van der Waals surface area contributed by atoms with Crippen molar-refractivity contribution in [3.05, 3.63) is 0 Å². The number of hydrogen-bond donors (Lipinski definition) is 0. The largest absolute Gasteiger partial charge is 0.427 e. The summed E-state index contributed by atoms with van der Waals surface area (Å²) in [4.78, 5) is 1.96. The Kier molecular flexibility index (Phi) is 3.18. The topological polar surface area (TPSA) is 12.5 Å². The van der Waals surface area contributed by atoms with E-state index in [1.807, 2.05) is 18.9 Å². The molecule has 0 aliphatic heterocycles. The normalized spacial score (nSPS) is 9.33. The van der Waals surface area contributed by atoms with Gasteiger partial charge in [0.1, 0.15) is 0 Å². The Balaban J connectivity index is 2.63. The van der Waals surface area contributed by atoms with Gasteiger partial charge in [0.05, 0.1) is 0 Å². The zero-order chi connectivity index (χ0) is 4.99. The van der Waals surface area contributed by atoms with Gasteiger partial charge in [-0.1, -0.05) is 0 Å². The second-order valence-electron chi connectivity index (χ2n) is 1.50. The van der Waals surface area contributed by atoms with Crippen LogP contribution in [0.1, 0.15) is 0 Å². The maximum Gasteiger partial charge on any atom is 0.362 e. The van der Waals surface area contributed by atoms with E-state index < -0.39 is 0 Å². The number of nitrogens with zero attached hydrogens (tertiary/aromatic N) is 1. The van der Waals surface area contributed by atoms with E-state index in [1.54, 1.807) is 7.11 Å². The van der Waals surface area contributed by atoms with Crippen molar-refractivity contribution in [3.63, 3.8) is 0 Å². The van der Waals surface area contributed by atoms with E-state index in [9.17, 15) is 0 Å². The molecule has 0 aromatic rings. The van der Waals surface area contributed by atoms with Crippen molar-refractivity contribution in [1.29, 1.82) is 0 Å². The Bertz CT molecular complexity index is 32.0. The van der Waals surface area contributed by atoms with Gasteiger partial charge in [-0.3, -0.25) is 0 Å². The SMILES string of the molecule is COBN(C)C. The van der Waals surface area contributed by atoms with E-state index in [0.717, 1.165) is 0 Å². The first-order valence-corrected chi connectivity index (χ1v) is 1.91. The number of hydrogen-bond acceptors (Lipinski definition) is 2. The van der Waals surface area contributed by atoms with Gasteiger partial charge in [0.15, 0.2) is 0 Å². The summed E-state index contributed by atoms with van der Waals surface area (Å²) in [5.74, 6) is 0. The minimum atomic E-state index is 0.708. The third-order valence-electron chi connectivity index (χ3n) is 0.387. The molecule has 0 saturated heterocycles. The van der Waals surface area contributed by atoms with Crippen LogP contribution in [0.15, 0.2) is 0 Å². The monoisotopic (exact) mass is 87.1 g/mol. The summed E-state index contributed by atoms with van der Waals surface area (Å²) in [6, 6.07) is 0. The first-order valence-electron chi connectivity index (χ1n) is 1.91. The zero-order valence-electron chi connectivity index (χ0n) is 4.56. The minimum Gasteiger partial charge on any atom is -0.427 e. The molecule has 0 N–H and O–H groups in total. The minimum absolute atomic E-state index is 0.708. The van der Waals surface area contributed by atoms with Crippen molar-refractivity contribution >= 4 is 7.62 Å². The molecule has 0 fully saturated rings. The van der Waals surface area contributed by atoms with E-state index in [0.29, 0.717) is 7.62 Å². The van der Waals surface area contributed by atoms with Gasteiger partial charge in [0.25, 0.3) is 0 Å². The Labute approximate surface area is 39.4 Å². The molecule has 0 unspecified atom stereocenters. The molecule has 0 amide bonds. The molecule has 0 aliphatic rings. The average molecular weight is 86.9 g/mol. The lowest BCUT2D eigenvalue weighted by molar-refractivity contribution is 0.392. The van der Waals surface area contributed by atoms with Crippen LogP contribution in [0.4, 0.5) is 0 Å². The van der Waals surface area contributed by atoms with Crippen LogP contribution in [0.25, 0.3) is 0 Å². The van der Waals surface area contributed by atoms with Gasteiger partial charge in [-0.25, -0.2) is 0 Å². The van der Waals surface area contributed by atoms with Crippen LogP contribution in [0, 0.1) is 0 Å². The molecule has 0 saturated carbocycles. The molecule has 0 aromatic carbocycles. The van der Waals surface area contributed by atoms with Crippen LogP contribution in [-0.4, -0.2) is 33.6 Å². The van der Waals surface area contributed by atoms with Crippen LogP contribution in [-0.2, 0) is 4.65 Å². The van der Waals surface area contributed by atoms with Gasteiger partial charge < -0.3 is 9.47 Å². The molecule has 2 nitrogen and oxygen atoms in total. The van der Waals surface area contributed by atoms with Crippen LogP contribution in [0.5, 0.6) is 0 Å². The third kappa shape index (κ3) is 3.98. The number of rotatable bonds is 2. The lowest BCUT2D eigenvalue weighted by Gasteiger charge is -2.01. The fourth-order valence-electron chi connectivity index (χ4n) is 0.258. The van der Waals surface area contributed by atoms with Crippen molar-refractivity contribution in [2.24, 2.45) is 0 Å². The van der Waals surface area contributed by atoms with Crippen LogP contribution in [0.3, 0.4) is 0 Å². The Morgan fingerprint density at radius 3 is 2.00 bits per heavy atom. The zero-order valence-corrected chi connectivity index (χ0v) is 4.56. The second kappa shape index (κ2) is 3.19. The lowest BCUT2D eigenvalue weighted by atomic mass is 10.2. The highest BCUT2D eigenvalue weighted by Crippen LogP contribution is 1.64. The molecule has 0 rings (SSSR count). The van der Waals surface area contributed by atoms with Gasteiger partial charge in [0.2, 0.25) is 0 Å². The van der Waals surface area contributed by atoms with Crippen molar-refractivity contribution in [3.8, 4) is 0 Å². The molecule has 0 aromatic heterocycles. The van der Waals surface area contributed by atoms with Crippen LogP contribution >= 0.6 is 0 Å². The molecule has 3 heteroatoms. The Hall–Kier alpha value is -0.0151. The average Bonchev–Trinajstić information content (AvgIpc) is 1.35. The van der Waals surface area contributed by atoms with Crippen molar-refractivity contribution in [2.75, 3.05) is 21.2 Å². The van der Waals surface area contributed by atoms with E-state index >= 15 is 0 Å². The first kappa shape index (κ1) is 5.98. The first-order chi connectivity index (χ1) is 2.77. The highest BCUT2D eigenvalue weighted by atomic mass is 16.4. The van der Waals surface area contributed by atoms with E-state index in [-0.39, 0.29) is 0 Å². The maximum absolute atomic E-state index is 4.73. The second-order valence-corrected chi connectivity index (χ2v) is 1.50. The molecular weight excluding hydrogens is 76.9 g/mol. The molecule has 0 radical (unpaired) electrons. The molecule has 0 atom stereocenters. The van der Waals surface area contributed by atoms with Crippen LogP contribution < -0.4 is 0 Å². The highest BCUT2D eigenvalue weighted by Gasteiger charge is 1.85. The predicted octanol–water partition coefficient (Wildman–Crippen LogP) is -0.539. The van der Waals surface area contributed by atoms with E-state index in [1.165, 1.54) is 0 Å². The van der Waals surface area contributed by atoms with Crippen LogP contribution in [0.2, 0.25) is 0 Å². The molecule has 0 aliphatic carbocycles. The fourth-order valence-corrected chi connectivity index (χ4v) is 0.258. The van der Waals surface area contributed by atoms with Gasteiger partial charge in [-0.2, -0.15) is 0 Å². The highest BCUT2D eigenvalue weighted by molar-refractivity contribution is 6.22. The molecule has 6 heavy (non-hydrogen) atoms. The Morgan fingerprint density at radius 1 is 1.50 bits per heavy atom. The van der Waals surface area contributed by atoms with E-state index in [4.69, 9.17) is 4.65 Å². The van der Waals surface area contributed by atoms with Gasteiger partial charge in [-0.05, 0) is 14.1 Å². The lowest BCUT2D eigenvalue weighted by Crippen LogP contribution is -2.18. The molecule has 0 heterocycles. The molecule has 0 bridgehead atoms. The van der Waals surface area contributed by atoms with Gasteiger partial charge in [-0.15, -0.1) is 0 Å². The summed E-state index contributed by atoms with van der Waals surface area (Å²) in [5, 5.41) is 0. The molecular formula is C3H10BNO. The van der Waals surface area contributed by atoms with E-state index in [2.05, 4.69) is 0 Å². The summed E-state index contributed by atoms with van der Waals surface area (Å²) in [5.41, 5.74) is 0. The van der Waals surface area contributed by atoms with Crippen molar-refractivity contribution in [2.45, 2.75) is 0 Å². The smallest absolute Gasteiger partial charge is 0.362 e. The molecule has 0 spiro atoms. The fraction of sp³-hybridized carbons (Fsp3) is 1.00. The maximum atomic E-state index is 4.73. The van der Waals surface area contributed by atoms with Crippen molar-refractivity contribution in [1.82, 2.24) is 4.81 Å². The third-order valence-corrected chi connectivity index (χ3v) is 0.387. The predicted molar refractivity (Wildman–Crippen MR) is 27.8 cm³/mol. The van der Waals surface area contributed by atoms with Gasteiger partial charge >= 0.3 is 7.62 Å². The summed E-state index contributed by atoms with van der Waals surface area (Å²) < 4.78 is 4.73. The summed E-state index contributed by atoms with van der Waals surface area (Å²) in [7, 11) is 6.31. The Morgan fingerprint density at radius 2 is 2.00 bits per heavy atom. The van der Waals surface area contributed by atoms with Gasteiger partial charge in [0, 0.05) is 7.11 Å². The quantitative estimate of drug-likeness (QED) is 0.419. The standard InChI is InChI=1S/C3H10BNO/c1-5(2)4-6-3/h4H,1-3H3. The summed E-state index contributed by atoms with van der Waals surface area (Å²) >= 11 is 0. The molecule has 36 valence electrons. The summed E-state index contributed by atoms with van der Waals surface area (Å²) in [6.45, 7) is 0. The van der Waals surface area contributed by atoms with Crippen molar-refractivity contribution < 1.29 is 4.65 Å².